The molecule has 1 atom stereocenters. The van der Waals surface area contributed by atoms with Crippen molar-refractivity contribution in [3.05, 3.63) is 35.6 Å². The number of ether oxygens (including phenoxy) is 1. The van der Waals surface area contributed by atoms with Crippen molar-refractivity contribution in [1.82, 2.24) is 4.90 Å². The van der Waals surface area contributed by atoms with E-state index in [-0.39, 0.29) is 11.7 Å². The Morgan fingerprint density at radius 1 is 1.16 bits per heavy atom. The van der Waals surface area contributed by atoms with Crippen LogP contribution in [-0.4, -0.2) is 65.5 Å². The number of amides is 5. The summed E-state index contributed by atoms with van der Waals surface area (Å²) in [6.07, 6.45) is 1.56. The molecule has 0 spiro atoms. The number of carbonyl (C=O) groups excluding carboxylic acids is 4. The van der Waals surface area contributed by atoms with E-state index in [4.69, 9.17) is 4.74 Å². The lowest BCUT2D eigenvalue weighted by atomic mass is 9.96. The zero-order chi connectivity index (χ0) is 22.7. The van der Waals surface area contributed by atoms with E-state index in [1.165, 1.54) is 18.5 Å². The third-order valence-corrected chi connectivity index (χ3v) is 4.76. The van der Waals surface area contributed by atoms with E-state index in [9.17, 15) is 19.2 Å². The first-order valence-electron chi connectivity index (χ1n) is 9.74. The Balaban J connectivity index is 1.77. The number of amidine groups is 1. The Hall–Kier alpha value is -3.82. The summed E-state index contributed by atoms with van der Waals surface area (Å²) in [6, 6.07) is 5.84. The zero-order valence-corrected chi connectivity index (χ0v) is 17.8. The fraction of sp³-hybridized carbons (Fsp3) is 0.333. The Morgan fingerprint density at radius 3 is 2.35 bits per heavy atom. The highest BCUT2D eigenvalue weighted by Crippen LogP contribution is 2.28. The first-order valence-corrected chi connectivity index (χ1v) is 9.74. The second-order valence-corrected chi connectivity index (χ2v) is 7.10. The molecule has 1 unspecified atom stereocenters. The number of carbonyl (C=O) groups is 4. The van der Waals surface area contributed by atoms with E-state index >= 15 is 0 Å². The predicted molar refractivity (Wildman–Crippen MR) is 114 cm³/mol. The number of nitrogens with one attached hydrogen (secondary N) is 2. The second-order valence-electron chi connectivity index (χ2n) is 7.10. The maximum atomic E-state index is 13.1. The van der Waals surface area contributed by atoms with Gasteiger partial charge in [0.2, 0.25) is 5.91 Å². The van der Waals surface area contributed by atoms with Gasteiger partial charge < -0.3 is 15.4 Å². The number of hydrogen-bond donors (Lipinski definition) is 2. The molecule has 2 aliphatic rings. The van der Waals surface area contributed by atoms with Crippen LogP contribution < -0.4 is 10.6 Å². The quantitative estimate of drug-likeness (QED) is 0.670. The van der Waals surface area contributed by atoms with E-state index in [1.807, 2.05) is 0 Å². The SMILES string of the molecule is CCOC1=C(C)C=NC2=[N+](C)C(=O)N(CC(=O)Nc3ccc(NC(C)=O)cc3)C(=O)C12. The second kappa shape index (κ2) is 8.90. The van der Waals surface area contributed by atoms with Gasteiger partial charge in [-0.25, -0.2) is 4.79 Å². The number of nitrogens with zero attached hydrogens (tertiary/aromatic N) is 3. The van der Waals surface area contributed by atoms with Crippen LogP contribution in [0.1, 0.15) is 20.8 Å². The molecule has 1 aromatic carbocycles. The highest BCUT2D eigenvalue weighted by atomic mass is 16.5. The first kappa shape index (κ1) is 21.9. The summed E-state index contributed by atoms with van der Waals surface area (Å²) in [4.78, 5) is 54.6. The predicted octanol–water partition coefficient (Wildman–Crippen LogP) is 1.60. The van der Waals surface area contributed by atoms with Gasteiger partial charge in [-0.2, -0.15) is 9.48 Å². The molecule has 5 amide bonds. The molecule has 0 bridgehead atoms. The molecule has 162 valence electrons. The molecular weight excluding hydrogens is 402 g/mol. The Bertz CT molecular complexity index is 1040. The number of dihydropyridines is 1. The van der Waals surface area contributed by atoms with Crippen LogP contribution in [0.25, 0.3) is 0 Å². The maximum absolute atomic E-state index is 13.1. The van der Waals surface area contributed by atoms with Crippen molar-refractivity contribution in [3.63, 3.8) is 0 Å². The summed E-state index contributed by atoms with van der Waals surface area (Å²) < 4.78 is 6.91. The number of aliphatic imine (C=N–C) groups is 1. The van der Waals surface area contributed by atoms with Gasteiger partial charge >= 0.3 is 11.9 Å². The number of imide groups is 1. The average molecular weight is 426 g/mol. The van der Waals surface area contributed by atoms with Crippen molar-refractivity contribution in [2.45, 2.75) is 20.8 Å². The highest BCUT2D eigenvalue weighted by Gasteiger charge is 2.50. The van der Waals surface area contributed by atoms with Crippen LogP contribution >= 0.6 is 0 Å². The molecule has 10 nitrogen and oxygen atoms in total. The molecule has 2 N–H and O–H groups in total. The molecule has 0 aliphatic carbocycles. The summed E-state index contributed by atoms with van der Waals surface area (Å²) in [5, 5.41) is 5.27. The van der Waals surface area contributed by atoms with Crippen LogP contribution in [0.15, 0.2) is 40.6 Å². The molecule has 0 saturated carbocycles. The molecule has 0 saturated heterocycles. The minimum Gasteiger partial charge on any atom is -0.496 e. The van der Waals surface area contributed by atoms with E-state index < -0.39 is 30.3 Å². The molecule has 2 aliphatic heterocycles. The molecule has 10 heteroatoms. The smallest absolute Gasteiger partial charge is 0.446 e. The van der Waals surface area contributed by atoms with Crippen LogP contribution in [0.3, 0.4) is 0 Å². The molecule has 1 aromatic rings. The highest BCUT2D eigenvalue weighted by molar-refractivity contribution is 6.17. The maximum Gasteiger partial charge on any atom is 0.446 e. The largest absolute Gasteiger partial charge is 0.496 e. The van der Waals surface area contributed by atoms with Crippen LogP contribution in [0, 0.1) is 5.92 Å². The van der Waals surface area contributed by atoms with Crippen LogP contribution in [0.2, 0.25) is 0 Å². The molecular formula is C21H24N5O5+. The minimum atomic E-state index is -0.877. The van der Waals surface area contributed by atoms with Gasteiger partial charge in [-0.1, -0.05) is 0 Å². The molecule has 31 heavy (non-hydrogen) atoms. The van der Waals surface area contributed by atoms with Crippen molar-refractivity contribution in [2.24, 2.45) is 10.9 Å². The fourth-order valence-corrected chi connectivity index (χ4v) is 3.36. The summed E-state index contributed by atoms with van der Waals surface area (Å²) in [7, 11) is 1.50. The van der Waals surface area contributed by atoms with Crippen molar-refractivity contribution in [2.75, 3.05) is 30.8 Å². The van der Waals surface area contributed by atoms with Gasteiger partial charge in [-0.05, 0) is 38.1 Å². The molecule has 0 radical (unpaired) electrons. The first-order chi connectivity index (χ1) is 14.7. The van der Waals surface area contributed by atoms with Gasteiger partial charge in [0, 0.05) is 23.9 Å². The number of allylic oxidation sites excluding steroid dienone is 1. The third kappa shape index (κ3) is 4.52. The third-order valence-electron chi connectivity index (χ3n) is 4.76. The lowest BCUT2D eigenvalue weighted by Gasteiger charge is -2.29. The average Bonchev–Trinajstić information content (AvgIpc) is 2.72. The van der Waals surface area contributed by atoms with Gasteiger partial charge in [-0.3, -0.25) is 14.4 Å². The van der Waals surface area contributed by atoms with Crippen molar-refractivity contribution in [3.8, 4) is 0 Å². The molecule has 3 rings (SSSR count). The standard InChI is InChI=1S/C21H23N5O5/c1-5-31-18-12(2)10-22-19-17(18)20(29)26(21(30)25(19)4)11-16(28)24-15-8-6-14(7-9-15)23-13(3)27/h6-10,17H,5,11H2,1-4H3,(H-,23,24,27,28)/p+1. The zero-order valence-electron chi connectivity index (χ0n) is 17.8. The Morgan fingerprint density at radius 2 is 1.77 bits per heavy atom. The summed E-state index contributed by atoms with van der Waals surface area (Å²) in [5.74, 6) is -1.48. The summed E-state index contributed by atoms with van der Waals surface area (Å²) in [6.45, 7) is 4.87. The van der Waals surface area contributed by atoms with E-state index in [0.717, 1.165) is 4.90 Å². The number of urea groups is 1. The van der Waals surface area contributed by atoms with E-state index in [1.54, 1.807) is 44.3 Å². The van der Waals surface area contributed by atoms with Gasteiger partial charge in [0.05, 0.1) is 13.7 Å². The molecule has 0 aromatic heterocycles. The number of anilines is 2. The monoisotopic (exact) mass is 426 g/mol. The van der Waals surface area contributed by atoms with Crippen molar-refractivity contribution >= 4 is 47.2 Å². The van der Waals surface area contributed by atoms with Crippen molar-refractivity contribution in [1.29, 1.82) is 0 Å². The van der Waals surface area contributed by atoms with Gasteiger partial charge in [0.15, 0.2) is 12.5 Å². The van der Waals surface area contributed by atoms with Gasteiger partial charge in [-0.15, -0.1) is 4.99 Å². The van der Waals surface area contributed by atoms with Crippen LogP contribution in [0.5, 0.6) is 0 Å². The lowest BCUT2D eigenvalue weighted by Crippen LogP contribution is -2.56. The lowest BCUT2D eigenvalue weighted by molar-refractivity contribution is -0.408. The number of rotatable bonds is 6. The van der Waals surface area contributed by atoms with E-state index in [2.05, 4.69) is 15.6 Å². The van der Waals surface area contributed by atoms with Gasteiger partial charge in [0.1, 0.15) is 12.0 Å². The topological polar surface area (TPSA) is 120 Å². The Labute approximate surface area is 179 Å². The minimum absolute atomic E-state index is 0.207. The van der Waals surface area contributed by atoms with Crippen molar-refractivity contribution < 1.29 is 28.5 Å². The number of hydrogen-bond acceptors (Lipinski definition) is 6. The van der Waals surface area contributed by atoms with Crippen LogP contribution in [-0.2, 0) is 19.1 Å². The fourth-order valence-electron chi connectivity index (χ4n) is 3.36. The Kier molecular flexibility index (Phi) is 6.28. The van der Waals surface area contributed by atoms with Gasteiger partial charge in [0.25, 0.3) is 11.7 Å². The number of benzene rings is 1. The molecule has 0 fully saturated rings. The van der Waals surface area contributed by atoms with E-state index in [0.29, 0.717) is 29.3 Å². The summed E-state index contributed by atoms with van der Waals surface area (Å²) >= 11 is 0. The number of fused-ring (bicyclic) bond motifs is 1. The normalized spacial score (nSPS) is 18.2. The van der Waals surface area contributed by atoms with Crippen LogP contribution in [0.4, 0.5) is 16.2 Å². The molecule has 2 heterocycles. The summed E-state index contributed by atoms with van der Waals surface area (Å²) in [5.41, 5.74) is 1.74.